The van der Waals surface area contributed by atoms with Gasteiger partial charge < -0.3 is 0 Å². The number of nitrogens with zero attached hydrogens (tertiary/aromatic N) is 2. The van der Waals surface area contributed by atoms with Crippen molar-refractivity contribution in [3.8, 4) is 0 Å². The zero-order valence-corrected chi connectivity index (χ0v) is 18.9. The molecule has 0 spiro atoms. The molecule has 1 N–H and O–H groups in total. The van der Waals surface area contributed by atoms with E-state index >= 15 is 0 Å². The van der Waals surface area contributed by atoms with Gasteiger partial charge in [-0.25, -0.2) is 13.8 Å². The summed E-state index contributed by atoms with van der Waals surface area (Å²) in [6.45, 7) is 0. The van der Waals surface area contributed by atoms with E-state index in [1.165, 1.54) is 31.4 Å². The summed E-state index contributed by atoms with van der Waals surface area (Å²) < 4.78 is 26.7. The van der Waals surface area contributed by atoms with Gasteiger partial charge in [0.2, 0.25) is 15.7 Å². The Morgan fingerprint density at radius 3 is 2.30 bits per heavy atom. The maximum Gasteiger partial charge on any atom is 0.294 e. The van der Waals surface area contributed by atoms with Crippen molar-refractivity contribution < 1.29 is 13.2 Å². The van der Waals surface area contributed by atoms with Crippen molar-refractivity contribution >= 4 is 26.5 Å². The Labute approximate surface area is 191 Å². The van der Waals surface area contributed by atoms with Crippen molar-refractivity contribution in [1.82, 2.24) is 9.89 Å². The van der Waals surface area contributed by atoms with E-state index in [0.29, 0.717) is 12.3 Å². The van der Waals surface area contributed by atoms with Crippen LogP contribution in [0.5, 0.6) is 0 Å². The molecule has 1 amide bonds. The number of benzene rings is 2. The number of rotatable bonds is 5. The number of amides is 1. The molecule has 170 valence electrons. The summed E-state index contributed by atoms with van der Waals surface area (Å²) in [7, 11) is -4.00. The number of hydrogen-bond acceptors (Lipinski definition) is 5. The SMILES string of the molecule is O=C(CC12CC3CC(CC1C3)C2)Nn1nc(S(=O)(=O)c2ccccc2)c2ccccc2c1=O. The molecule has 4 aliphatic rings. The van der Waals surface area contributed by atoms with Gasteiger partial charge in [-0.2, -0.15) is 0 Å². The minimum atomic E-state index is -4.00. The molecule has 0 radical (unpaired) electrons. The molecule has 33 heavy (non-hydrogen) atoms. The number of aromatic nitrogens is 2. The zero-order valence-electron chi connectivity index (χ0n) is 18.1. The molecule has 7 rings (SSSR count). The van der Waals surface area contributed by atoms with Gasteiger partial charge in [0.25, 0.3) is 5.56 Å². The number of fused-ring (bicyclic) bond motifs is 1. The molecule has 4 aliphatic carbocycles. The fraction of sp³-hybridized carbons (Fsp3) is 0.400. The molecule has 2 unspecified atom stereocenters. The Balaban J connectivity index is 1.38. The molecule has 7 nitrogen and oxygen atoms in total. The minimum absolute atomic E-state index is 0.0249. The number of carbonyl (C=O) groups excluding carboxylic acids is 1. The van der Waals surface area contributed by atoms with Crippen molar-refractivity contribution in [2.75, 3.05) is 5.43 Å². The Morgan fingerprint density at radius 1 is 0.970 bits per heavy atom. The van der Waals surface area contributed by atoms with Crippen molar-refractivity contribution in [3.05, 3.63) is 65.0 Å². The van der Waals surface area contributed by atoms with E-state index in [1.807, 2.05) is 0 Å². The average Bonchev–Trinajstić information content (AvgIpc) is 3.18. The van der Waals surface area contributed by atoms with Crippen LogP contribution in [0.4, 0.5) is 0 Å². The van der Waals surface area contributed by atoms with Crippen LogP contribution >= 0.6 is 0 Å². The molecule has 1 heterocycles. The van der Waals surface area contributed by atoms with Crippen LogP contribution in [0.15, 0.2) is 69.3 Å². The molecule has 2 aromatic carbocycles. The maximum atomic E-state index is 13.4. The van der Waals surface area contributed by atoms with Crippen LogP contribution in [-0.2, 0) is 14.6 Å². The van der Waals surface area contributed by atoms with Crippen LogP contribution in [0.3, 0.4) is 0 Å². The normalized spacial score (nSPS) is 27.8. The summed E-state index contributed by atoms with van der Waals surface area (Å²) in [6, 6.07) is 14.4. The van der Waals surface area contributed by atoms with Gasteiger partial charge in [-0.1, -0.05) is 36.4 Å². The summed E-state index contributed by atoms with van der Waals surface area (Å²) in [6.07, 6.45) is 6.21. The summed E-state index contributed by atoms with van der Waals surface area (Å²) in [5.41, 5.74) is 2.10. The van der Waals surface area contributed by atoms with Crippen molar-refractivity contribution in [3.63, 3.8) is 0 Å². The molecule has 1 aromatic heterocycles. The van der Waals surface area contributed by atoms with Gasteiger partial charge in [-0.15, -0.1) is 9.89 Å². The van der Waals surface area contributed by atoms with Gasteiger partial charge in [-0.05, 0) is 73.5 Å². The highest BCUT2D eigenvalue weighted by Crippen LogP contribution is 2.66. The Bertz CT molecular complexity index is 1420. The second-order valence-electron chi connectivity index (χ2n) is 10.0. The fourth-order valence-corrected chi connectivity index (χ4v) is 8.27. The van der Waals surface area contributed by atoms with E-state index < -0.39 is 15.4 Å². The van der Waals surface area contributed by atoms with Gasteiger partial charge in [0, 0.05) is 11.8 Å². The quantitative estimate of drug-likeness (QED) is 0.624. The highest BCUT2D eigenvalue weighted by molar-refractivity contribution is 7.91. The molecule has 0 aliphatic heterocycles. The second kappa shape index (κ2) is 7.25. The lowest BCUT2D eigenvalue weighted by molar-refractivity contribution is -0.120. The standard InChI is InChI=1S/C25H25N3O4S/c29-22(15-25-13-16-10-17(14-25)12-18(25)11-16)26-28-24(30)21-9-5-4-8-20(21)23(27-28)33(31,32)19-6-2-1-3-7-19/h1-9,16-18H,10-15H2,(H,26,29). The first-order chi connectivity index (χ1) is 15.9. The molecule has 0 saturated heterocycles. The largest absolute Gasteiger partial charge is 0.294 e. The highest BCUT2D eigenvalue weighted by atomic mass is 32.2. The van der Waals surface area contributed by atoms with E-state index in [4.69, 9.17) is 0 Å². The third kappa shape index (κ3) is 3.22. The van der Waals surface area contributed by atoms with E-state index in [9.17, 15) is 18.0 Å². The number of carbonyl (C=O) groups is 1. The first kappa shape index (κ1) is 20.6. The topological polar surface area (TPSA) is 98.1 Å². The Kier molecular flexibility index (Phi) is 4.52. The summed E-state index contributed by atoms with van der Waals surface area (Å²) in [5, 5.41) is 4.34. The average molecular weight is 464 g/mol. The third-order valence-corrected chi connectivity index (χ3v) is 9.68. The molecular formula is C25H25N3O4S. The van der Waals surface area contributed by atoms with Crippen molar-refractivity contribution in [2.45, 2.75) is 48.4 Å². The van der Waals surface area contributed by atoms with Crippen LogP contribution in [0.2, 0.25) is 0 Å². The minimum Gasteiger partial charge on any atom is -0.273 e. The smallest absolute Gasteiger partial charge is 0.273 e. The Hall–Kier alpha value is -3.00. The van der Waals surface area contributed by atoms with Gasteiger partial charge in [0.05, 0.1) is 10.3 Å². The van der Waals surface area contributed by atoms with E-state index in [1.54, 1.807) is 42.5 Å². The molecule has 4 saturated carbocycles. The van der Waals surface area contributed by atoms with Gasteiger partial charge >= 0.3 is 0 Å². The van der Waals surface area contributed by atoms with E-state index in [0.717, 1.165) is 29.5 Å². The van der Waals surface area contributed by atoms with Gasteiger partial charge in [0.15, 0.2) is 5.03 Å². The molecule has 4 bridgehead atoms. The lowest BCUT2D eigenvalue weighted by atomic mass is 9.73. The van der Waals surface area contributed by atoms with Crippen LogP contribution in [0, 0.1) is 23.2 Å². The molecule has 4 fully saturated rings. The van der Waals surface area contributed by atoms with Gasteiger partial charge in [-0.3, -0.25) is 9.59 Å². The summed E-state index contributed by atoms with van der Waals surface area (Å²) in [5.74, 6) is 1.75. The van der Waals surface area contributed by atoms with Crippen LogP contribution in [-0.4, -0.2) is 24.2 Å². The maximum absolute atomic E-state index is 13.4. The first-order valence-corrected chi connectivity index (χ1v) is 13.0. The third-order valence-electron chi connectivity index (χ3n) is 7.98. The fourth-order valence-electron chi connectivity index (χ4n) is 6.88. The number of hydrogen-bond donors (Lipinski definition) is 1. The Morgan fingerprint density at radius 2 is 1.61 bits per heavy atom. The van der Waals surface area contributed by atoms with Crippen LogP contribution in [0.1, 0.15) is 38.5 Å². The van der Waals surface area contributed by atoms with Crippen molar-refractivity contribution in [2.24, 2.45) is 23.2 Å². The second-order valence-corrected chi connectivity index (χ2v) is 11.9. The van der Waals surface area contributed by atoms with Crippen molar-refractivity contribution in [1.29, 1.82) is 0 Å². The summed E-state index contributed by atoms with van der Waals surface area (Å²) >= 11 is 0. The molecule has 3 aromatic rings. The lowest BCUT2D eigenvalue weighted by Crippen LogP contribution is -2.39. The predicted molar refractivity (Wildman–Crippen MR) is 123 cm³/mol. The zero-order chi connectivity index (χ0) is 22.8. The number of sulfone groups is 1. The van der Waals surface area contributed by atoms with Crippen LogP contribution < -0.4 is 11.0 Å². The van der Waals surface area contributed by atoms with E-state index in [-0.39, 0.29) is 32.0 Å². The molecular weight excluding hydrogens is 438 g/mol. The lowest BCUT2D eigenvalue weighted by Gasteiger charge is -2.32. The summed E-state index contributed by atoms with van der Waals surface area (Å²) in [4.78, 5) is 27.1. The monoisotopic (exact) mass is 463 g/mol. The first-order valence-electron chi connectivity index (χ1n) is 11.5. The highest BCUT2D eigenvalue weighted by Gasteiger charge is 2.58. The van der Waals surface area contributed by atoms with Gasteiger partial charge in [0.1, 0.15) is 0 Å². The number of nitrogens with one attached hydrogen (secondary N) is 1. The van der Waals surface area contributed by atoms with E-state index in [2.05, 4.69) is 10.5 Å². The molecule has 2 atom stereocenters. The van der Waals surface area contributed by atoms with Crippen LogP contribution in [0.25, 0.3) is 10.8 Å². The molecule has 8 heteroatoms. The predicted octanol–water partition coefficient (Wildman–Crippen LogP) is 3.52.